The lowest BCUT2D eigenvalue weighted by molar-refractivity contribution is -0.137. The van der Waals surface area contributed by atoms with Crippen molar-refractivity contribution in [2.75, 3.05) is 25.5 Å². The summed E-state index contributed by atoms with van der Waals surface area (Å²) >= 11 is 0. The molecule has 0 atom stereocenters. The van der Waals surface area contributed by atoms with Crippen LogP contribution in [0.5, 0.6) is 5.75 Å². The van der Waals surface area contributed by atoms with E-state index in [0.29, 0.717) is 30.1 Å². The van der Waals surface area contributed by atoms with Crippen LogP contribution >= 0.6 is 0 Å². The molecule has 33 heavy (non-hydrogen) atoms. The van der Waals surface area contributed by atoms with E-state index in [1.54, 1.807) is 19.9 Å². The highest BCUT2D eigenvalue weighted by molar-refractivity contribution is 7.89. The number of aromatic nitrogens is 2. The summed E-state index contributed by atoms with van der Waals surface area (Å²) in [4.78, 5) is 4.28. The zero-order valence-electron chi connectivity index (χ0n) is 18.2. The quantitative estimate of drug-likeness (QED) is 0.481. The molecule has 3 aromatic rings. The highest BCUT2D eigenvalue weighted by Gasteiger charge is 2.30. The molecule has 0 aliphatic rings. The van der Waals surface area contributed by atoms with Crippen molar-refractivity contribution in [1.29, 1.82) is 0 Å². The number of nitrogens with one attached hydrogen (secondary N) is 1. The second kappa shape index (κ2) is 9.79. The number of halogens is 3. The lowest BCUT2D eigenvalue weighted by Gasteiger charge is -2.19. The molecule has 0 unspecified atom stereocenters. The zero-order valence-corrected chi connectivity index (χ0v) is 19.0. The third kappa shape index (κ3) is 5.45. The monoisotopic (exact) mass is 484 g/mol. The first-order chi connectivity index (χ1) is 15.6. The number of methoxy groups -OCH3 is 1. The van der Waals surface area contributed by atoms with E-state index in [4.69, 9.17) is 9.26 Å². The highest BCUT2D eigenvalue weighted by Crippen LogP contribution is 2.31. The van der Waals surface area contributed by atoms with Crippen molar-refractivity contribution < 1.29 is 30.8 Å². The number of benzene rings is 2. The molecule has 0 saturated heterocycles. The fourth-order valence-corrected chi connectivity index (χ4v) is 4.61. The van der Waals surface area contributed by atoms with Crippen LogP contribution in [0.3, 0.4) is 0 Å². The van der Waals surface area contributed by atoms with Gasteiger partial charge in [0.05, 0.1) is 29.8 Å². The Hall–Kier alpha value is -3.12. The normalized spacial score (nSPS) is 12.2. The Labute approximate surface area is 189 Å². The topological polar surface area (TPSA) is 97.6 Å². The summed E-state index contributed by atoms with van der Waals surface area (Å²) in [5.41, 5.74) is -0.00817. The molecule has 0 amide bonds. The SMILES string of the molecule is CCN(CC)S(=O)(=O)c1ccc(OC)c(NCc2nc(-c3ccc(C(F)(F)F)cc3)no2)c1. The zero-order chi connectivity index (χ0) is 24.2. The van der Waals surface area contributed by atoms with Crippen LogP contribution in [0.1, 0.15) is 25.3 Å². The van der Waals surface area contributed by atoms with Gasteiger partial charge in [-0.3, -0.25) is 0 Å². The number of nitrogens with zero attached hydrogens (tertiary/aromatic N) is 3. The largest absolute Gasteiger partial charge is 0.495 e. The van der Waals surface area contributed by atoms with Gasteiger partial charge < -0.3 is 14.6 Å². The molecule has 12 heteroatoms. The van der Waals surface area contributed by atoms with E-state index in [1.807, 2.05) is 0 Å². The number of hydrogen-bond donors (Lipinski definition) is 1. The summed E-state index contributed by atoms with van der Waals surface area (Å²) in [7, 11) is -2.22. The Morgan fingerprint density at radius 2 is 1.76 bits per heavy atom. The van der Waals surface area contributed by atoms with Gasteiger partial charge >= 0.3 is 6.18 Å². The van der Waals surface area contributed by atoms with E-state index >= 15 is 0 Å². The third-order valence-corrected chi connectivity index (χ3v) is 6.93. The van der Waals surface area contributed by atoms with Crippen LogP contribution in [0.25, 0.3) is 11.4 Å². The van der Waals surface area contributed by atoms with Gasteiger partial charge in [-0.1, -0.05) is 31.1 Å². The van der Waals surface area contributed by atoms with Crippen molar-refractivity contribution in [1.82, 2.24) is 14.4 Å². The van der Waals surface area contributed by atoms with E-state index in [0.717, 1.165) is 12.1 Å². The minimum absolute atomic E-state index is 0.0404. The van der Waals surface area contributed by atoms with Gasteiger partial charge in [-0.25, -0.2) is 8.42 Å². The predicted octanol–water partition coefficient (Wildman–Crippen LogP) is 4.41. The Morgan fingerprint density at radius 1 is 1.09 bits per heavy atom. The average Bonchev–Trinajstić information content (AvgIpc) is 3.26. The van der Waals surface area contributed by atoms with Crippen molar-refractivity contribution in [3.63, 3.8) is 0 Å². The number of alkyl halides is 3. The third-order valence-electron chi connectivity index (χ3n) is 4.88. The second-order valence-corrected chi connectivity index (χ2v) is 8.83. The molecule has 178 valence electrons. The van der Waals surface area contributed by atoms with Gasteiger partial charge in [-0.2, -0.15) is 22.5 Å². The number of ether oxygens (including phenoxy) is 1. The van der Waals surface area contributed by atoms with E-state index in [2.05, 4.69) is 15.5 Å². The Balaban J connectivity index is 1.78. The van der Waals surface area contributed by atoms with Gasteiger partial charge in [-0.05, 0) is 30.3 Å². The summed E-state index contributed by atoms with van der Waals surface area (Å²) in [6.07, 6.45) is -4.43. The van der Waals surface area contributed by atoms with Gasteiger partial charge in [0.1, 0.15) is 5.75 Å². The van der Waals surface area contributed by atoms with Crippen LogP contribution in [-0.2, 0) is 22.7 Å². The summed E-state index contributed by atoms with van der Waals surface area (Å²) in [6.45, 7) is 4.23. The fraction of sp³-hybridized carbons (Fsp3) is 0.333. The maximum atomic E-state index is 12.8. The smallest absolute Gasteiger partial charge is 0.416 e. The average molecular weight is 485 g/mol. The minimum atomic E-state index is -4.43. The minimum Gasteiger partial charge on any atom is -0.495 e. The van der Waals surface area contributed by atoms with Gasteiger partial charge in [0, 0.05) is 18.7 Å². The molecule has 1 heterocycles. The molecule has 0 fully saturated rings. The van der Waals surface area contributed by atoms with E-state index in [9.17, 15) is 21.6 Å². The van der Waals surface area contributed by atoms with Crippen molar-refractivity contribution in [3.8, 4) is 17.1 Å². The Bertz CT molecular complexity index is 1190. The predicted molar refractivity (Wildman–Crippen MR) is 115 cm³/mol. The van der Waals surface area contributed by atoms with Crippen LogP contribution in [0.15, 0.2) is 51.9 Å². The lowest BCUT2D eigenvalue weighted by Crippen LogP contribution is -2.30. The molecule has 0 spiro atoms. The van der Waals surface area contributed by atoms with E-state index in [1.165, 1.54) is 35.7 Å². The first-order valence-electron chi connectivity index (χ1n) is 10.0. The van der Waals surface area contributed by atoms with Gasteiger partial charge in [0.2, 0.25) is 21.7 Å². The van der Waals surface area contributed by atoms with Crippen LogP contribution < -0.4 is 10.1 Å². The molecule has 0 bridgehead atoms. The van der Waals surface area contributed by atoms with Crippen LogP contribution in [0.4, 0.5) is 18.9 Å². The number of rotatable bonds is 9. The molecule has 3 rings (SSSR count). The standard InChI is InChI=1S/C21H23F3N4O4S/c1-4-28(5-2)33(29,30)16-10-11-18(31-3)17(12-16)25-13-19-26-20(27-32-19)14-6-8-15(9-7-14)21(22,23)24/h6-12,25H,4-5,13H2,1-3H3. The summed E-state index contributed by atoms with van der Waals surface area (Å²) in [6, 6.07) is 8.87. The Kier molecular flexibility index (Phi) is 7.28. The fourth-order valence-electron chi connectivity index (χ4n) is 3.12. The molecule has 8 nitrogen and oxygen atoms in total. The molecule has 0 aliphatic carbocycles. The second-order valence-electron chi connectivity index (χ2n) is 6.89. The molecule has 0 aliphatic heterocycles. The van der Waals surface area contributed by atoms with Gasteiger partial charge in [-0.15, -0.1) is 0 Å². The first kappa shape index (κ1) is 24.5. The van der Waals surface area contributed by atoms with Gasteiger partial charge in [0.25, 0.3) is 0 Å². The van der Waals surface area contributed by atoms with Crippen LogP contribution in [0.2, 0.25) is 0 Å². The van der Waals surface area contributed by atoms with Gasteiger partial charge in [0.15, 0.2) is 0 Å². The van der Waals surface area contributed by atoms with Crippen molar-refractivity contribution in [2.45, 2.75) is 31.5 Å². The molecule has 0 radical (unpaired) electrons. The molecule has 1 aromatic heterocycles. The maximum Gasteiger partial charge on any atom is 0.416 e. The van der Waals surface area contributed by atoms with E-state index in [-0.39, 0.29) is 23.2 Å². The molecule has 2 aromatic carbocycles. The summed E-state index contributed by atoms with van der Waals surface area (Å²) < 4.78 is 75.6. The molecular formula is C21H23F3N4O4S. The van der Waals surface area contributed by atoms with Crippen molar-refractivity contribution in [2.24, 2.45) is 0 Å². The molecular weight excluding hydrogens is 461 g/mol. The lowest BCUT2D eigenvalue weighted by atomic mass is 10.1. The summed E-state index contributed by atoms with van der Waals surface area (Å²) in [5.74, 6) is 0.699. The number of hydrogen-bond acceptors (Lipinski definition) is 7. The molecule has 1 N–H and O–H groups in total. The first-order valence-corrected chi connectivity index (χ1v) is 11.5. The maximum absolute atomic E-state index is 12.8. The van der Waals surface area contributed by atoms with Crippen molar-refractivity contribution >= 4 is 15.7 Å². The Morgan fingerprint density at radius 3 is 2.33 bits per heavy atom. The van der Waals surface area contributed by atoms with Crippen molar-refractivity contribution in [3.05, 3.63) is 53.9 Å². The highest BCUT2D eigenvalue weighted by atomic mass is 32.2. The number of sulfonamides is 1. The molecule has 0 saturated carbocycles. The number of anilines is 1. The van der Waals surface area contributed by atoms with E-state index < -0.39 is 21.8 Å². The van der Waals surface area contributed by atoms with Crippen LogP contribution in [-0.4, -0.2) is 43.1 Å². The van der Waals surface area contributed by atoms with Crippen LogP contribution in [0, 0.1) is 0 Å². The summed E-state index contributed by atoms with van der Waals surface area (Å²) in [5, 5.41) is 6.80.